The molecule has 1 aliphatic carbocycles. The van der Waals surface area contributed by atoms with E-state index in [1.165, 1.54) is 0 Å². The van der Waals surface area contributed by atoms with Crippen LogP contribution in [-0.4, -0.2) is 12.4 Å². The normalized spacial score (nSPS) is 17.6. The quantitative estimate of drug-likeness (QED) is 0.642. The lowest BCUT2D eigenvalue weighted by Gasteiger charge is -2.15. The molecule has 0 aliphatic heterocycles. The van der Waals surface area contributed by atoms with Gasteiger partial charge in [0.25, 0.3) is 0 Å². The fourth-order valence-corrected chi connectivity index (χ4v) is 2.01. The number of benzene rings is 1. The van der Waals surface area contributed by atoms with Crippen molar-refractivity contribution in [2.45, 2.75) is 19.0 Å². The molecule has 0 radical (unpaired) electrons. The summed E-state index contributed by atoms with van der Waals surface area (Å²) in [6.07, 6.45) is -2.59. The van der Waals surface area contributed by atoms with Crippen LogP contribution in [0.4, 0.5) is 23.2 Å². The molecule has 0 saturated heterocycles. The Labute approximate surface area is 107 Å². The van der Waals surface area contributed by atoms with Crippen molar-refractivity contribution in [3.8, 4) is 0 Å². The lowest BCUT2D eigenvalue weighted by molar-refractivity contribution is -0.137. The molecule has 0 amide bonds. The van der Waals surface area contributed by atoms with E-state index in [4.69, 9.17) is 11.6 Å². The van der Waals surface area contributed by atoms with E-state index in [1.807, 2.05) is 0 Å². The summed E-state index contributed by atoms with van der Waals surface area (Å²) in [5, 5.41) is 2.82. The summed E-state index contributed by atoms with van der Waals surface area (Å²) >= 11 is 5.76. The maximum absolute atomic E-state index is 13.5. The highest BCUT2D eigenvalue weighted by molar-refractivity contribution is 6.18. The summed E-state index contributed by atoms with van der Waals surface area (Å²) in [5.41, 5.74) is -0.917. The fourth-order valence-electron chi connectivity index (χ4n) is 1.65. The first-order valence-electron chi connectivity index (χ1n) is 5.53. The fraction of sp³-hybridized carbons (Fsp3) is 0.500. The second-order valence-electron chi connectivity index (χ2n) is 4.68. The summed E-state index contributed by atoms with van der Waals surface area (Å²) < 4.78 is 50.5. The minimum Gasteiger partial charge on any atom is -0.382 e. The molecule has 1 aliphatic rings. The zero-order chi connectivity index (χ0) is 13.4. The molecule has 1 N–H and O–H groups in total. The number of hydrogen-bond donors (Lipinski definition) is 1. The van der Waals surface area contributed by atoms with Gasteiger partial charge in [-0.1, -0.05) is 0 Å². The summed E-state index contributed by atoms with van der Waals surface area (Å²) in [6.45, 7) is 0.485. The van der Waals surface area contributed by atoms with E-state index in [0.717, 1.165) is 25.0 Å². The SMILES string of the molecule is Fc1cc(C(F)(F)F)ccc1NCC1(CCl)CC1. The number of nitrogens with one attached hydrogen (secondary N) is 1. The van der Waals surface area contributed by atoms with E-state index in [0.29, 0.717) is 18.5 Å². The highest BCUT2D eigenvalue weighted by Crippen LogP contribution is 2.46. The summed E-state index contributed by atoms with van der Waals surface area (Å²) in [4.78, 5) is 0. The third-order valence-electron chi connectivity index (χ3n) is 3.19. The number of halogens is 5. The smallest absolute Gasteiger partial charge is 0.382 e. The van der Waals surface area contributed by atoms with Gasteiger partial charge >= 0.3 is 6.18 Å². The molecular formula is C12H12ClF4N. The molecule has 0 atom stereocenters. The van der Waals surface area contributed by atoms with Crippen molar-refractivity contribution >= 4 is 17.3 Å². The van der Waals surface area contributed by atoms with Gasteiger partial charge in [0.15, 0.2) is 0 Å². The lowest BCUT2D eigenvalue weighted by atomic mass is 10.1. The Bertz CT molecular complexity index is 440. The minimum absolute atomic E-state index is 0.0172. The Morgan fingerprint density at radius 2 is 1.94 bits per heavy atom. The third-order valence-corrected chi connectivity index (χ3v) is 3.76. The Morgan fingerprint density at radius 3 is 2.39 bits per heavy atom. The average molecular weight is 282 g/mol. The van der Waals surface area contributed by atoms with Gasteiger partial charge in [0.2, 0.25) is 0 Å². The van der Waals surface area contributed by atoms with Gasteiger partial charge in [0, 0.05) is 17.8 Å². The van der Waals surface area contributed by atoms with Crippen LogP contribution in [0.15, 0.2) is 18.2 Å². The minimum atomic E-state index is -4.52. The third kappa shape index (κ3) is 2.88. The maximum atomic E-state index is 13.5. The van der Waals surface area contributed by atoms with Crippen LogP contribution in [0.25, 0.3) is 0 Å². The Morgan fingerprint density at radius 1 is 1.28 bits per heavy atom. The van der Waals surface area contributed by atoms with Crippen LogP contribution in [0.3, 0.4) is 0 Å². The van der Waals surface area contributed by atoms with Gasteiger partial charge in [-0.3, -0.25) is 0 Å². The zero-order valence-electron chi connectivity index (χ0n) is 9.45. The molecular weight excluding hydrogens is 270 g/mol. The van der Waals surface area contributed by atoms with Gasteiger partial charge in [0.1, 0.15) is 5.82 Å². The molecule has 100 valence electrons. The van der Waals surface area contributed by atoms with Crippen LogP contribution in [0.1, 0.15) is 18.4 Å². The van der Waals surface area contributed by atoms with Crippen molar-refractivity contribution in [1.29, 1.82) is 0 Å². The van der Waals surface area contributed by atoms with Crippen molar-refractivity contribution in [1.82, 2.24) is 0 Å². The monoisotopic (exact) mass is 281 g/mol. The van der Waals surface area contributed by atoms with E-state index in [2.05, 4.69) is 5.32 Å². The van der Waals surface area contributed by atoms with Gasteiger partial charge in [-0.05, 0) is 31.0 Å². The Hall–Kier alpha value is -0.970. The molecule has 1 saturated carbocycles. The molecule has 0 spiro atoms. The number of rotatable bonds is 4. The molecule has 1 fully saturated rings. The first-order chi connectivity index (χ1) is 8.36. The summed E-state index contributed by atoms with van der Waals surface area (Å²) in [5.74, 6) is -0.419. The standard InChI is InChI=1S/C12H12ClF4N/c13-6-11(3-4-11)7-18-10-2-1-8(5-9(10)14)12(15,16)17/h1-2,5,18H,3-4,6-7H2. The van der Waals surface area contributed by atoms with Gasteiger partial charge in [0.05, 0.1) is 11.3 Å². The van der Waals surface area contributed by atoms with Crippen LogP contribution in [0, 0.1) is 11.2 Å². The van der Waals surface area contributed by atoms with E-state index < -0.39 is 17.6 Å². The Balaban J connectivity index is 2.06. The van der Waals surface area contributed by atoms with Crippen LogP contribution < -0.4 is 5.32 Å². The molecule has 1 aromatic carbocycles. The Kier molecular flexibility index (Phi) is 3.45. The van der Waals surface area contributed by atoms with Gasteiger partial charge < -0.3 is 5.32 Å². The topological polar surface area (TPSA) is 12.0 Å². The molecule has 0 unspecified atom stereocenters. The first-order valence-corrected chi connectivity index (χ1v) is 6.06. The first kappa shape index (κ1) is 13.5. The van der Waals surface area contributed by atoms with Crippen LogP contribution in [0.2, 0.25) is 0 Å². The predicted octanol–water partition coefficient (Wildman–Crippen LogP) is 4.28. The zero-order valence-corrected chi connectivity index (χ0v) is 10.2. The van der Waals surface area contributed by atoms with Crippen molar-refractivity contribution in [3.05, 3.63) is 29.6 Å². The molecule has 6 heteroatoms. The van der Waals surface area contributed by atoms with Crippen molar-refractivity contribution in [2.24, 2.45) is 5.41 Å². The van der Waals surface area contributed by atoms with E-state index >= 15 is 0 Å². The molecule has 0 heterocycles. The molecule has 1 nitrogen and oxygen atoms in total. The number of hydrogen-bond acceptors (Lipinski definition) is 1. The van der Waals surface area contributed by atoms with Crippen LogP contribution in [0.5, 0.6) is 0 Å². The molecule has 2 rings (SSSR count). The number of alkyl halides is 4. The highest BCUT2D eigenvalue weighted by atomic mass is 35.5. The molecule has 0 aromatic heterocycles. The summed E-state index contributed by atoms with van der Waals surface area (Å²) in [7, 11) is 0. The van der Waals surface area contributed by atoms with Crippen LogP contribution >= 0.6 is 11.6 Å². The second-order valence-corrected chi connectivity index (χ2v) is 4.95. The highest BCUT2D eigenvalue weighted by Gasteiger charge is 2.41. The number of anilines is 1. The van der Waals surface area contributed by atoms with Crippen molar-refractivity contribution < 1.29 is 17.6 Å². The van der Waals surface area contributed by atoms with E-state index in [9.17, 15) is 17.6 Å². The van der Waals surface area contributed by atoms with Crippen LogP contribution in [-0.2, 0) is 6.18 Å². The van der Waals surface area contributed by atoms with Gasteiger partial charge in [-0.2, -0.15) is 13.2 Å². The van der Waals surface area contributed by atoms with Gasteiger partial charge in [-0.25, -0.2) is 4.39 Å². The summed E-state index contributed by atoms with van der Waals surface area (Å²) in [6, 6.07) is 2.48. The molecule has 18 heavy (non-hydrogen) atoms. The van der Waals surface area contributed by atoms with Crippen molar-refractivity contribution in [2.75, 3.05) is 17.7 Å². The molecule has 0 bridgehead atoms. The predicted molar refractivity (Wildman–Crippen MR) is 62.3 cm³/mol. The lowest BCUT2D eigenvalue weighted by Crippen LogP contribution is -2.17. The van der Waals surface area contributed by atoms with Crippen molar-refractivity contribution in [3.63, 3.8) is 0 Å². The van der Waals surface area contributed by atoms with E-state index in [-0.39, 0.29) is 11.1 Å². The average Bonchev–Trinajstić information content (AvgIpc) is 3.07. The largest absolute Gasteiger partial charge is 0.416 e. The van der Waals surface area contributed by atoms with Gasteiger partial charge in [-0.15, -0.1) is 11.6 Å². The maximum Gasteiger partial charge on any atom is 0.416 e. The second kappa shape index (κ2) is 4.61. The van der Waals surface area contributed by atoms with E-state index in [1.54, 1.807) is 0 Å². The molecule has 1 aromatic rings.